The molecule has 0 spiro atoms. The first-order valence-corrected chi connectivity index (χ1v) is 9.98. The molecular weight excluding hydrogens is 637 g/mol. The van der Waals surface area contributed by atoms with Crippen LogP contribution in [0.2, 0.25) is 0 Å². The Morgan fingerprint density at radius 3 is 1.05 bits per heavy atom. The number of benzene rings is 1. The van der Waals surface area contributed by atoms with Gasteiger partial charge in [-0.15, -0.1) is 0 Å². The zero-order valence-electron chi connectivity index (χ0n) is 17.1. The van der Waals surface area contributed by atoms with Gasteiger partial charge >= 0.3 is 53.7 Å². The fourth-order valence-electron chi connectivity index (χ4n) is 2.24. The van der Waals surface area contributed by atoms with Crippen LogP contribution in [0.25, 0.3) is 0 Å². The minimum absolute atomic E-state index is 0.00322. The van der Waals surface area contributed by atoms with Crippen LogP contribution in [0.5, 0.6) is 5.75 Å². The van der Waals surface area contributed by atoms with E-state index in [1.807, 2.05) is 0 Å². The zero-order valence-corrected chi connectivity index (χ0v) is 17.9. The van der Waals surface area contributed by atoms with Crippen LogP contribution in [-0.4, -0.2) is 66.7 Å². The Morgan fingerprint density at radius 2 is 0.769 bits per heavy atom. The Morgan fingerprint density at radius 1 is 0.487 bits per heavy atom. The molecule has 0 atom stereocenters. The summed E-state index contributed by atoms with van der Waals surface area (Å²) in [6, 6.07) is -0.371. The third-order valence-corrected chi connectivity index (χ3v) is 5.32. The minimum Gasteiger partial charge on any atom is -0.428 e. The molecule has 0 saturated heterocycles. The second-order valence-electron chi connectivity index (χ2n) is 7.08. The number of hydrogen-bond donors (Lipinski definition) is 1. The van der Waals surface area contributed by atoms with Crippen molar-refractivity contribution in [2.24, 2.45) is 0 Å². The summed E-state index contributed by atoms with van der Waals surface area (Å²) in [5, 5.41) is 0. The monoisotopic (exact) mass is 642 g/mol. The van der Waals surface area contributed by atoms with Gasteiger partial charge in [0.15, 0.2) is 0 Å². The van der Waals surface area contributed by atoms with Crippen LogP contribution in [0, 0.1) is 0 Å². The molecule has 24 heteroatoms. The predicted octanol–water partition coefficient (Wildman–Crippen LogP) is 6.91. The second kappa shape index (κ2) is 9.06. The van der Waals surface area contributed by atoms with Gasteiger partial charge in [-0.25, -0.2) is 0 Å². The average Bonchev–Trinajstić information content (AvgIpc) is 2.71. The molecule has 0 bridgehead atoms. The van der Waals surface area contributed by atoms with E-state index in [4.69, 9.17) is 4.55 Å². The summed E-state index contributed by atoms with van der Waals surface area (Å²) in [5.41, 5.74) is 0. The highest BCUT2D eigenvalue weighted by Crippen LogP contribution is 2.65. The fourth-order valence-corrected chi connectivity index (χ4v) is 2.72. The first kappa shape index (κ1) is 34.6. The van der Waals surface area contributed by atoms with E-state index in [1.165, 1.54) is 0 Å². The molecule has 1 aromatic carbocycles. The first-order chi connectivity index (χ1) is 16.7. The van der Waals surface area contributed by atoms with Gasteiger partial charge in [-0.2, -0.15) is 91.8 Å². The van der Waals surface area contributed by atoms with Crippen LogP contribution in [0.4, 0.5) is 83.4 Å². The molecule has 0 saturated carbocycles. The quantitative estimate of drug-likeness (QED) is 0.223. The molecule has 0 aliphatic carbocycles. The molecule has 4 nitrogen and oxygen atoms in total. The SMILES string of the molecule is O=S(=O)(O)c1ccc(OC(F)(F)C(F)(F)C(F)(F)C(F)(F)C(F)(F)C(F)(F)C(F)(F)C(F)(F)C(F)(F)F)cc1. The van der Waals surface area contributed by atoms with Crippen molar-refractivity contribution >= 4 is 10.1 Å². The van der Waals surface area contributed by atoms with E-state index in [0.29, 0.717) is 0 Å². The molecule has 1 rings (SSSR count). The Bertz CT molecular complexity index is 1150. The Balaban J connectivity index is 3.64. The number of ether oxygens (including phenoxy) is 1. The lowest BCUT2D eigenvalue weighted by molar-refractivity contribution is -0.476. The summed E-state index contributed by atoms with van der Waals surface area (Å²) in [5.74, 6) is -63.1. The molecule has 0 aliphatic heterocycles. The number of halogens is 19. The van der Waals surface area contributed by atoms with Crippen molar-refractivity contribution in [1.29, 1.82) is 0 Å². The van der Waals surface area contributed by atoms with Crippen molar-refractivity contribution in [2.45, 2.75) is 58.6 Å². The molecule has 1 aromatic rings. The third kappa shape index (κ3) is 4.90. The smallest absolute Gasteiger partial charge is 0.428 e. The molecule has 0 amide bonds. The van der Waals surface area contributed by atoms with Crippen LogP contribution in [0.15, 0.2) is 29.2 Å². The highest BCUT2D eigenvalue weighted by molar-refractivity contribution is 7.85. The fraction of sp³-hybridized carbons (Fsp3) is 0.600. The standard InChI is InChI=1S/C15H5F19O4S/c16-7(17,8(18,19)10(22,23)12(26,27)14(30,31)32)9(20,21)11(24,25)13(28,29)15(33,34)38-5-1-3-6(4-2-5)39(35,36)37/h1-4H,(H,35,36,37). The lowest BCUT2D eigenvalue weighted by Crippen LogP contribution is -2.76. The Kier molecular flexibility index (Phi) is 8.04. The maximum absolute atomic E-state index is 13.7. The van der Waals surface area contributed by atoms with Crippen molar-refractivity contribution in [3.8, 4) is 5.75 Å². The minimum atomic E-state index is -9.06. The van der Waals surface area contributed by atoms with Crippen LogP contribution in [0.3, 0.4) is 0 Å². The molecule has 0 aromatic heterocycles. The largest absolute Gasteiger partial charge is 0.471 e. The van der Waals surface area contributed by atoms with Crippen molar-refractivity contribution in [3.63, 3.8) is 0 Å². The topological polar surface area (TPSA) is 63.6 Å². The number of hydrogen-bond acceptors (Lipinski definition) is 3. The van der Waals surface area contributed by atoms with E-state index in [0.717, 1.165) is 0 Å². The average molecular weight is 642 g/mol. The van der Waals surface area contributed by atoms with Gasteiger partial charge in [-0.3, -0.25) is 4.55 Å². The highest BCUT2D eigenvalue weighted by atomic mass is 32.2. The van der Waals surface area contributed by atoms with Crippen molar-refractivity contribution in [2.75, 3.05) is 0 Å². The molecule has 0 aliphatic rings. The number of alkyl halides is 19. The maximum atomic E-state index is 13.7. The predicted molar refractivity (Wildman–Crippen MR) is 82.5 cm³/mol. The normalized spacial score (nSPS) is 15.9. The zero-order chi connectivity index (χ0) is 31.7. The molecule has 0 heterocycles. The van der Waals surface area contributed by atoms with E-state index < -0.39 is 74.5 Å². The summed E-state index contributed by atoms with van der Waals surface area (Å²) < 4.78 is 284. The van der Waals surface area contributed by atoms with Crippen molar-refractivity contribution in [3.05, 3.63) is 24.3 Å². The molecule has 1 N–H and O–H groups in total. The van der Waals surface area contributed by atoms with Crippen molar-refractivity contribution < 1.29 is 101 Å². The summed E-state index contributed by atoms with van der Waals surface area (Å²) in [7, 11) is -5.15. The first-order valence-electron chi connectivity index (χ1n) is 8.54. The lowest BCUT2D eigenvalue weighted by atomic mass is 9.88. The van der Waals surface area contributed by atoms with Gasteiger partial charge in [-0.05, 0) is 24.3 Å². The third-order valence-electron chi connectivity index (χ3n) is 4.46. The van der Waals surface area contributed by atoms with Crippen LogP contribution >= 0.6 is 0 Å². The van der Waals surface area contributed by atoms with E-state index in [2.05, 4.69) is 4.74 Å². The molecule has 228 valence electrons. The van der Waals surface area contributed by atoms with Gasteiger partial charge in [0.05, 0.1) is 4.90 Å². The van der Waals surface area contributed by atoms with E-state index in [1.54, 1.807) is 0 Å². The van der Waals surface area contributed by atoms with Crippen molar-refractivity contribution in [1.82, 2.24) is 0 Å². The number of rotatable bonds is 10. The molecule has 39 heavy (non-hydrogen) atoms. The lowest BCUT2D eigenvalue weighted by Gasteiger charge is -2.43. The van der Waals surface area contributed by atoms with Gasteiger partial charge in [0.25, 0.3) is 10.1 Å². The Labute approximate surface area is 201 Å². The summed E-state index contributed by atoms with van der Waals surface area (Å²) in [6.07, 6.45) is -15.2. The van der Waals surface area contributed by atoms with Crippen LogP contribution in [0.1, 0.15) is 0 Å². The maximum Gasteiger partial charge on any atom is 0.471 e. The van der Waals surface area contributed by atoms with Gasteiger partial charge in [0.1, 0.15) is 5.75 Å². The Hall–Kier alpha value is -2.40. The van der Waals surface area contributed by atoms with Gasteiger partial charge in [0.2, 0.25) is 0 Å². The highest BCUT2D eigenvalue weighted by Gasteiger charge is 2.97. The molecular formula is C15H5F19O4S. The van der Waals surface area contributed by atoms with E-state index >= 15 is 0 Å². The van der Waals surface area contributed by atoms with E-state index in [-0.39, 0.29) is 24.3 Å². The van der Waals surface area contributed by atoms with Crippen LogP contribution in [-0.2, 0) is 10.1 Å². The van der Waals surface area contributed by atoms with E-state index in [9.17, 15) is 91.8 Å². The molecule has 0 unspecified atom stereocenters. The molecule has 0 fully saturated rings. The van der Waals surface area contributed by atoms with Gasteiger partial charge < -0.3 is 4.74 Å². The van der Waals surface area contributed by atoms with Gasteiger partial charge in [0, 0.05) is 0 Å². The summed E-state index contributed by atoms with van der Waals surface area (Å²) >= 11 is 0. The second-order valence-corrected chi connectivity index (χ2v) is 8.51. The summed E-state index contributed by atoms with van der Waals surface area (Å²) in [6.45, 7) is 0. The summed E-state index contributed by atoms with van der Waals surface area (Å²) in [4.78, 5) is -1.24. The van der Waals surface area contributed by atoms with Crippen LogP contribution < -0.4 is 4.74 Å². The molecule has 0 radical (unpaired) electrons. The van der Waals surface area contributed by atoms with Gasteiger partial charge in [-0.1, -0.05) is 0 Å².